The number of nitrogens with zero attached hydrogens (tertiary/aromatic N) is 3. The monoisotopic (exact) mass is 357 g/mol. The number of pyridine rings is 1. The highest BCUT2D eigenvalue weighted by atomic mass is 16.5. The lowest BCUT2D eigenvalue weighted by Crippen LogP contribution is -1.99. The average Bonchev–Trinajstić information content (AvgIpc) is 3.19. The highest BCUT2D eigenvalue weighted by molar-refractivity contribution is 5.69. The number of hydrogen-bond donors (Lipinski definition) is 0. The molecule has 0 unspecified atom stereocenters. The van der Waals surface area contributed by atoms with Crippen molar-refractivity contribution in [2.75, 3.05) is 6.61 Å². The number of aromatic nitrogens is 3. The minimum absolute atomic E-state index is 0.462. The summed E-state index contributed by atoms with van der Waals surface area (Å²) in [6.07, 6.45) is 0. The van der Waals surface area contributed by atoms with Crippen LogP contribution in [0, 0.1) is 6.92 Å². The number of rotatable bonds is 5. The highest BCUT2D eigenvalue weighted by Gasteiger charge is 2.17. The van der Waals surface area contributed by atoms with Crippen LogP contribution in [0.4, 0.5) is 0 Å². The summed E-state index contributed by atoms with van der Waals surface area (Å²) < 4.78 is 11.2. The van der Waals surface area contributed by atoms with Crippen LogP contribution in [0.25, 0.3) is 34.1 Å². The fraction of sp³-hybridized carbons (Fsp3) is 0.136. The number of hydrogen-bond acceptors (Lipinski definition) is 5. The smallest absolute Gasteiger partial charge is 0.258 e. The molecule has 0 amide bonds. The molecule has 0 bridgehead atoms. The van der Waals surface area contributed by atoms with E-state index in [1.165, 1.54) is 0 Å². The molecule has 2 aromatic heterocycles. The van der Waals surface area contributed by atoms with Gasteiger partial charge in [0.1, 0.15) is 0 Å². The number of aryl methyl sites for hydroxylation is 1. The zero-order valence-electron chi connectivity index (χ0n) is 15.2. The van der Waals surface area contributed by atoms with E-state index in [0.717, 1.165) is 22.4 Å². The zero-order chi connectivity index (χ0) is 18.6. The van der Waals surface area contributed by atoms with Crippen molar-refractivity contribution >= 4 is 0 Å². The van der Waals surface area contributed by atoms with Crippen molar-refractivity contribution in [3.05, 3.63) is 72.3 Å². The third kappa shape index (κ3) is 3.44. The van der Waals surface area contributed by atoms with Crippen molar-refractivity contribution in [2.45, 2.75) is 13.8 Å². The Labute approximate surface area is 157 Å². The lowest BCUT2D eigenvalue weighted by atomic mass is 10.1. The Hall–Kier alpha value is -3.47. The normalized spacial score (nSPS) is 10.7. The van der Waals surface area contributed by atoms with Gasteiger partial charge >= 0.3 is 0 Å². The standard InChI is InChI=1S/C22H19N3O2/c1-3-26-21-18(13-14-19(23-21)16-10-5-4-6-11-16)20-24-22(27-25-20)17-12-8-7-9-15(17)2/h4-14H,3H2,1-2H3. The van der Waals surface area contributed by atoms with Crippen LogP contribution in [0.1, 0.15) is 12.5 Å². The summed E-state index contributed by atoms with van der Waals surface area (Å²) in [5.74, 6) is 1.44. The van der Waals surface area contributed by atoms with Crippen LogP contribution in [0.15, 0.2) is 71.3 Å². The van der Waals surface area contributed by atoms with Crippen LogP contribution in [0.5, 0.6) is 5.88 Å². The third-order valence-corrected chi connectivity index (χ3v) is 4.25. The maximum atomic E-state index is 5.76. The Bertz CT molecular complexity index is 1060. The number of ether oxygens (including phenoxy) is 1. The van der Waals surface area contributed by atoms with Crippen molar-refractivity contribution < 1.29 is 9.26 Å². The molecule has 0 aliphatic heterocycles. The topological polar surface area (TPSA) is 61.0 Å². The third-order valence-electron chi connectivity index (χ3n) is 4.25. The Balaban J connectivity index is 1.74. The molecule has 2 heterocycles. The first-order valence-corrected chi connectivity index (χ1v) is 8.85. The number of benzene rings is 2. The van der Waals surface area contributed by atoms with Crippen molar-refractivity contribution in [3.63, 3.8) is 0 Å². The quantitative estimate of drug-likeness (QED) is 0.493. The first-order valence-electron chi connectivity index (χ1n) is 8.85. The molecular formula is C22H19N3O2. The minimum Gasteiger partial charge on any atom is -0.477 e. The summed E-state index contributed by atoms with van der Waals surface area (Å²) in [4.78, 5) is 9.22. The SMILES string of the molecule is CCOc1nc(-c2ccccc2)ccc1-c1noc(-c2ccccc2C)n1. The van der Waals surface area contributed by atoms with Crippen LogP contribution >= 0.6 is 0 Å². The second kappa shape index (κ2) is 7.41. The molecule has 4 aromatic rings. The van der Waals surface area contributed by atoms with Crippen LogP contribution < -0.4 is 4.74 Å². The van der Waals surface area contributed by atoms with Crippen molar-refractivity contribution in [3.8, 4) is 40.0 Å². The predicted molar refractivity (Wildman–Crippen MR) is 104 cm³/mol. The summed E-state index contributed by atoms with van der Waals surface area (Å²) in [5.41, 5.74) is 4.57. The molecule has 0 spiro atoms. The molecule has 5 nitrogen and oxygen atoms in total. The van der Waals surface area contributed by atoms with Gasteiger partial charge in [0, 0.05) is 11.1 Å². The van der Waals surface area contributed by atoms with Gasteiger partial charge in [0.25, 0.3) is 5.89 Å². The van der Waals surface area contributed by atoms with Gasteiger partial charge in [-0.05, 0) is 37.6 Å². The van der Waals surface area contributed by atoms with Gasteiger partial charge in [-0.25, -0.2) is 4.98 Å². The van der Waals surface area contributed by atoms with E-state index in [2.05, 4.69) is 15.1 Å². The molecule has 5 heteroatoms. The molecular weight excluding hydrogens is 338 g/mol. The first kappa shape index (κ1) is 17.0. The van der Waals surface area contributed by atoms with Gasteiger partial charge in [0.15, 0.2) is 0 Å². The van der Waals surface area contributed by atoms with Gasteiger partial charge in [-0.15, -0.1) is 0 Å². The second-order valence-electron chi connectivity index (χ2n) is 6.09. The van der Waals surface area contributed by atoms with Gasteiger partial charge in [0.05, 0.1) is 17.9 Å². The van der Waals surface area contributed by atoms with Crippen molar-refractivity contribution in [1.29, 1.82) is 0 Å². The molecule has 0 radical (unpaired) electrons. The molecule has 0 saturated heterocycles. The average molecular weight is 357 g/mol. The van der Waals surface area contributed by atoms with E-state index in [1.54, 1.807) is 0 Å². The van der Waals surface area contributed by atoms with E-state index in [-0.39, 0.29) is 0 Å². The maximum Gasteiger partial charge on any atom is 0.258 e. The van der Waals surface area contributed by atoms with Gasteiger partial charge in [0.2, 0.25) is 11.7 Å². The largest absolute Gasteiger partial charge is 0.477 e. The summed E-state index contributed by atoms with van der Waals surface area (Å²) in [6.45, 7) is 4.44. The molecule has 0 aliphatic carbocycles. The molecule has 134 valence electrons. The molecule has 0 atom stereocenters. The van der Waals surface area contributed by atoms with E-state index < -0.39 is 0 Å². The molecule has 0 N–H and O–H groups in total. The fourth-order valence-corrected chi connectivity index (χ4v) is 2.88. The van der Waals surface area contributed by atoms with Crippen LogP contribution in [0.2, 0.25) is 0 Å². The van der Waals surface area contributed by atoms with Gasteiger partial charge in [-0.3, -0.25) is 0 Å². The van der Waals surface area contributed by atoms with E-state index in [0.29, 0.717) is 29.8 Å². The maximum absolute atomic E-state index is 5.76. The summed E-state index contributed by atoms with van der Waals surface area (Å²) >= 11 is 0. The zero-order valence-corrected chi connectivity index (χ0v) is 15.2. The summed E-state index contributed by atoms with van der Waals surface area (Å²) in [5, 5.41) is 4.14. The molecule has 4 rings (SSSR count). The van der Waals surface area contributed by atoms with Gasteiger partial charge in [-0.1, -0.05) is 53.7 Å². The predicted octanol–water partition coefficient (Wildman–Crippen LogP) is 5.17. The first-order chi connectivity index (χ1) is 13.3. The minimum atomic E-state index is 0.462. The highest BCUT2D eigenvalue weighted by Crippen LogP contribution is 2.31. The molecule has 27 heavy (non-hydrogen) atoms. The van der Waals surface area contributed by atoms with Gasteiger partial charge in [-0.2, -0.15) is 4.98 Å². The molecule has 2 aromatic carbocycles. The lowest BCUT2D eigenvalue weighted by Gasteiger charge is -2.09. The Morgan fingerprint density at radius 3 is 2.41 bits per heavy atom. The van der Waals surface area contributed by atoms with Gasteiger partial charge < -0.3 is 9.26 Å². The summed E-state index contributed by atoms with van der Waals surface area (Å²) in [7, 11) is 0. The second-order valence-corrected chi connectivity index (χ2v) is 6.09. The van der Waals surface area contributed by atoms with Crippen LogP contribution in [-0.2, 0) is 0 Å². The Morgan fingerprint density at radius 2 is 1.63 bits per heavy atom. The van der Waals surface area contributed by atoms with Crippen molar-refractivity contribution in [1.82, 2.24) is 15.1 Å². The molecule has 0 aliphatic rings. The Kier molecular flexibility index (Phi) is 4.66. The van der Waals surface area contributed by atoms with Crippen LogP contribution in [0.3, 0.4) is 0 Å². The summed E-state index contributed by atoms with van der Waals surface area (Å²) in [6, 6.07) is 21.8. The molecule has 0 fully saturated rings. The molecule has 0 saturated carbocycles. The Morgan fingerprint density at radius 1 is 0.852 bits per heavy atom. The fourth-order valence-electron chi connectivity index (χ4n) is 2.88. The lowest BCUT2D eigenvalue weighted by molar-refractivity contribution is 0.328. The van der Waals surface area contributed by atoms with E-state index in [1.807, 2.05) is 80.6 Å². The van der Waals surface area contributed by atoms with E-state index in [4.69, 9.17) is 9.26 Å². The van der Waals surface area contributed by atoms with Crippen molar-refractivity contribution in [2.24, 2.45) is 0 Å². The van der Waals surface area contributed by atoms with Crippen LogP contribution in [-0.4, -0.2) is 21.7 Å². The van der Waals surface area contributed by atoms with E-state index >= 15 is 0 Å². The van der Waals surface area contributed by atoms with E-state index in [9.17, 15) is 0 Å².